The molecule has 0 bridgehead atoms. The summed E-state index contributed by atoms with van der Waals surface area (Å²) in [4.78, 5) is 22.3. The highest BCUT2D eigenvalue weighted by molar-refractivity contribution is 6.25. The first-order valence-electron chi connectivity index (χ1n) is 7.04. The fourth-order valence-electron chi connectivity index (χ4n) is 2.78. The molecule has 22 heavy (non-hydrogen) atoms. The van der Waals surface area contributed by atoms with Gasteiger partial charge >= 0.3 is 0 Å². The summed E-state index contributed by atoms with van der Waals surface area (Å²) in [6.07, 6.45) is 5.46. The number of carbonyl (C=O) groups is 1. The Morgan fingerprint density at radius 1 is 1.41 bits per heavy atom. The number of amides is 1. The fraction of sp³-hybridized carbons (Fsp3) is 0.500. The Hall–Kier alpha value is -2.13. The summed E-state index contributed by atoms with van der Waals surface area (Å²) in [5, 5.41) is 7.36. The summed E-state index contributed by atoms with van der Waals surface area (Å²) in [5.74, 6) is -0.126. The predicted octanol–water partition coefficient (Wildman–Crippen LogP) is 0.471. The van der Waals surface area contributed by atoms with Gasteiger partial charge in [0.2, 0.25) is 5.95 Å². The van der Waals surface area contributed by atoms with E-state index in [2.05, 4.69) is 25.2 Å². The number of primary amides is 1. The van der Waals surface area contributed by atoms with Crippen molar-refractivity contribution < 1.29 is 4.79 Å². The molecule has 2 atom stereocenters. The highest BCUT2D eigenvalue weighted by atomic mass is 35.5. The van der Waals surface area contributed by atoms with E-state index in [1.807, 2.05) is 0 Å². The Labute approximate surface area is 131 Å². The number of halogens is 1. The van der Waals surface area contributed by atoms with E-state index in [-0.39, 0.29) is 29.1 Å². The quantitative estimate of drug-likeness (QED) is 0.600. The summed E-state index contributed by atoms with van der Waals surface area (Å²) in [6, 6.07) is 0.119. The zero-order valence-electron chi connectivity index (χ0n) is 11.8. The Balaban J connectivity index is 2.04. The molecular weight excluding hydrogens is 308 g/mol. The predicted molar refractivity (Wildman–Crippen MR) is 82.6 cm³/mol. The molecule has 1 aliphatic rings. The number of rotatable bonds is 4. The van der Waals surface area contributed by atoms with Crippen LogP contribution in [0.2, 0.25) is 0 Å². The average molecular weight is 325 g/mol. The van der Waals surface area contributed by atoms with Crippen molar-refractivity contribution in [3.8, 4) is 0 Å². The van der Waals surface area contributed by atoms with Gasteiger partial charge in [-0.05, 0) is 12.8 Å². The Morgan fingerprint density at radius 2 is 2.18 bits per heavy atom. The van der Waals surface area contributed by atoms with Crippen LogP contribution in [0.1, 0.15) is 36.0 Å². The first kappa shape index (κ1) is 14.8. The third kappa shape index (κ3) is 2.53. The first-order valence-corrected chi connectivity index (χ1v) is 7.42. The van der Waals surface area contributed by atoms with Gasteiger partial charge in [0, 0.05) is 23.9 Å². The molecule has 2 aromatic heterocycles. The van der Waals surface area contributed by atoms with Crippen LogP contribution in [-0.2, 0) is 0 Å². The van der Waals surface area contributed by atoms with Gasteiger partial charge < -0.3 is 16.8 Å². The van der Waals surface area contributed by atoms with Gasteiger partial charge in [-0.3, -0.25) is 9.63 Å². The van der Waals surface area contributed by atoms with Crippen molar-refractivity contribution in [3.63, 3.8) is 0 Å². The number of hydrogen-bond acceptors (Lipinski definition) is 7. The standard InChI is InChI=1S/C12H17ClN8O/c13-20-10-8(9(15)22)11-16-5-17-21(11)12(19-10)18-7-4-2-1-3-6(7)14/h5-7,20H,1-4,14H2,(H2,15,22)(H,18,19)/t6-,7+/m0/s1. The van der Waals surface area contributed by atoms with Crippen molar-refractivity contribution in [3.05, 3.63) is 11.9 Å². The van der Waals surface area contributed by atoms with E-state index in [0.29, 0.717) is 5.95 Å². The zero-order chi connectivity index (χ0) is 15.7. The third-order valence-corrected chi connectivity index (χ3v) is 4.08. The maximum absolute atomic E-state index is 11.6. The molecule has 0 aliphatic heterocycles. The molecule has 0 unspecified atom stereocenters. The molecule has 0 spiro atoms. The molecule has 10 heteroatoms. The van der Waals surface area contributed by atoms with Crippen molar-refractivity contribution in [1.29, 1.82) is 0 Å². The van der Waals surface area contributed by atoms with Gasteiger partial charge in [0.15, 0.2) is 11.5 Å². The van der Waals surface area contributed by atoms with Gasteiger partial charge in [0.05, 0.1) is 0 Å². The van der Waals surface area contributed by atoms with Crippen LogP contribution < -0.4 is 21.6 Å². The van der Waals surface area contributed by atoms with E-state index < -0.39 is 5.91 Å². The van der Waals surface area contributed by atoms with E-state index in [1.54, 1.807) is 0 Å². The minimum absolute atomic E-state index is 0.0392. The van der Waals surface area contributed by atoms with Crippen LogP contribution in [-0.4, -0.2) is 37.6 Å². The molecular formula is C12H17ClN8O. The number of nitrogens with two attached hydrogens (primary N) is 2. The molecule has 1 aliphatic carbocycles. The Kier molecular flexibility index (Phi) is 3.99. The largest absolute Gasteiger partial charge is 0.365 e. The number of anilines is 2. The van der Waals surface area contributed by atoms with Crippen molar-refractivity contribution in [2.45, 2.75) is 37.8 Å². The molecule has 9 nitrogen and oxygen atoms in total. The van der Waals surface area contributed by atoms with Gasteiger partial charge in [-0.1, -0.05) is 12.8 Å². The molecule has 6 N–H and O–H groups in total. The lowest BCUT2D eigenvalue weighted by Gasteiger charge is -2.29. The summed E-state index contributed by atoms with van der Waals surface area (Å²) in [5.41, 5.74) is 11.9. The van der Waals surface area contributed by atoms with Crippen molar-refractivity contribution in [2.24, 2.45) is 11.5 Å². The minimum Gasteiger partial charge on any atom is -0.365 e. The van der Waals surface area contributed by atoms with Crippen molar-refractivity contribution >= 4 is 35.1 Å². The monoisotopic (exact) mass is 324 g/mol. The van der Waals surface area contributed by atoms with E-state index in [0.717, 1.165) is 25.7 Å². The lowest BCUT2D eigenvalue weighted by atomic mass is 9.91. The smallest absolute Gasteiger partial charge is 0.256 e. The number of carbonyl (C=O) groups excluding carboxylic acids is 1. The summed E-state index contributed by atoms with van der Waals surface area (Å²) < 4.78 is 1.43. The van der Waals surface area contributed by atoms with Crippen LogP contribution in [0.5, 0.6) is 0 Å². The van der Waals surface area contributed by atoms with Crippen LogP contribution in [0.15, 0.2) is 6.33 Å². The molecule has 118 valence electrons. The molecule has 0 saturated heterocycles. The summed E-state index contributed by atoms with van der Waals surface area (Å²) in [6.45, 7) is 0. The Bertz CT molecular complexity index is 702. The molecule has 3 rings (SSSR count). The van der Waals surface area contributed by atoms with Crippen LogP contribution >= 0.6 is 11.8 Å². The topological polar surface area (TPSA) is 136 Å². The number of aromatic nitrogens is 4. The van der Waals surface area contributed by atoms with Crippen LogP contribution in [0.25, 0.3) is 5.65 Å². The van der Waals surface area contributed by atoms with Gasteiger partial charge in [0.1, 0.15) is 11.9 Å². The summed E-state index contributed by atoms with van der Waals surface area (Å²) in [7, 11) is 0. The third-order valence-electron chi connectivity index (χ3n) is 3.90. The lowest BCUT2D eigenvalue weighted by Crippen LogP contribution is -2.43. The average Bonchev–Trinajstić information content (AvgIpc) is 2.98. The van der Waals surface area contributed by atoms with E-state index in [9.17, 15) is 4.79 Å². The molecule has 2 aromatic rings. The van der Waals surface area contributed by atoms with Crippen LogP contribution in [0.3, 0.4) is 0 Å². The molecule has 1 saturated carbocycles. The second kappa shape index (κ2) is 5.93. The second-order valence-electron chi connectivity index (χ2n) is 5.31. The number of hydrogen-bond donors (Lipinski definition) is 4. The zero-order valence-corrected chi connectivity index (χ0v) is 12.5. The lowest BCUT2D eigenvalue weighted by molar-refractivity contribution is 0.100. The van der Waals surface area contributed by atoms with E-state index in [4.69, 9.17) is 23.2 Å². The number of nitrogens with one attached hydrogen (secondary N) is 2. The van der Waals surface area contributed by atoms with E-state index >= 15 is 0 Å². The van der Waals surface area contributed by atoms with Crippen LogP contribution in [0, 0.1) is 0 Å². The normalized spacial score (nSPS) is 21.7. The maximum atomic E-state index is 11.6. The fourth-order valence-corrected chi connectivity index (χ4v) is 2.91. The molecule has 1 amide bonds. The Morgan fingerprint density at radius 3 is 2.86 bits per heavy atom. The first-order chi connectivity index (χ1) is 10.6. The van der Waals surface area contributed by atoms with Crippen molar-refractivity contribution in [1.82, 2.24) is 19.6 Å². The highest BCUT2D eigenvalue weighted by Gasteiger charge is 2.25. The molecule has 0 radical (unpaired) electrons. The van der Waals surface area contributed by atoms with Gasteiger partial charge in [0.25, 0.3) is 5.91 Å². The highest BCUT2D eigenvalue weighted by Crippen LogP contribution is 2.24. The minimum atomic E-state index is -0.686. The SMILES string of the molecule is NC(=O)c1c(NCl)nc(N[C@@H]2CCCC[C@@H]2N)n2ncnc12. The van der Waals surface area contributed by atoms with Gasteiger partial charge in [-0.2, -0.15) is 14.6 Å². The molecule has 1 fully saturated rings. The maximum Gasteiger partial charge on any atom is 0.256 e. The van der Waals surface area contributed by atoms with E-state index in [1.165, 1.54) is 10.8 Å². The second-order valence-corrected chi connectivity index (χ2v) is 5.50. The number of nitrogens with zero attached hydrogens (tertiary/aromatic N) is 4. The summed E-state index contributed by atoms with van der Waals surface area (Å²) >= 11 is 5.66. The molecule has 2 heterocycles. The van der Waals surface area contributed by atoms with Gasteiger partial charge in [-0.25, -0.2) is 4.98 Å². The number of fused-ring (bicyclic) bond motifs is 1. The van der Waals surface area contributed by atoms with Crippen LogP contribution in [0.4, 0.5) is 11.8 Å². The van der Waals surface area contributed by atoms with Gasteiger partial charge in [-0.15, -0.1) is 0 Å². The van der Waals surface area contributed by atoms with Crippen molar-refractivity contribution in [2.75, 3.05) is 10.2 Å². The molecule has 0 aromatic carbocycles.